The van der Waals surface area contributed by atoms with Crippen molar-refractivity contribution in [2.75, 3.05) is 5.32 Å². The summed E-state index contributed by atoms with van der Waals surface area (Å²) in [6.45, 7) is 0. The van der Waals surface area contributed by atoms with Crippen LogP contribution < -0.4 is 5.32 Å². The summed E-state index contributed by atoms with van der Waals surface area (Å²) < 4.78 is 3.03. The maximum absolute atomic E-state index is 12.2. The molecule has 0 spiro atoms. The number of aromatic nitrogens is 2. The van der Waals surface area contributed by atoms with Gasteiger partial charge in [-0.05, 0) is 24.6 Å². The van der Waals surface area contributed by atoms with Crippen molar-refractivity contribution in [1.29, 1.82) is 0 Å². The molecule has 0 saturated carbocycles. The molecule has 0 fully saturated rings. The quantitative estimate of drug-likeness (QED) is 0.465. The zero-order chi connectivity index (χ0) is 17.9. The summed E-state index contributed by atoms with van der Waals surface area (Å²) in [5.41, 5.74) is 3.96. The molecule has 0 radical (unpaired) electrons. The zero-order valence-electron chi connectivity index (χ0n) is 13.9. The number of anilines is 1. The third-order valence-corrected chi connectivity index (χ3v) is 5.45. The molecule has 1 N–H and O–H groups in total. The lowest BCUT2D eigenvalue weighted by molar-refractivity contribution is -0.116. The SMILES string of the molecule is O=C(CCc1csc2nc(-c3ccccc3)cn12)Nc1cccc(Br)c1. The molecule has 4 nitrogen and oxygen atoms in total. The van der Waals surface area contributed by atoms with Crippen LogP contribution in [0.25, 0.3) is 16.2 Å². The predicted octanol–water partition coefficient (Wildman–Crippen LogP) is 5.40. The van der Waals surface area contributed by atoms with Gasteiger partial charge in [-0.1, -0.05) is 52.3 Å². The summed E-state index contributed by atoms with van der Waals surface area (Å²) in [5, 5.41) is 5.01. The van der Waals surface area contributed by atoms with Crippen LogP contribution in [-0.4, -0.2) is 15.3 Å². The van der Waals surface area contributed by atoms with Crippen LogP contribution in [0.15, 0.2) is 70.6 Å². The van der Waals surface area contributed by atoms with Gasteiger partial charge < -0.3 is 5.32 Å². The van der Waals surface area contributed by atoms with Crippen molar-refractivity contribution < 1.29 is 4.79 Å². The number of imidazole rings is 1. The Balaban J connectivity index is 1.46. The fraction of sp³-hybridized carbons (Fsp3) is 0.100. The van der Waals surface area contributed by atoms with E-state index in [9.17, 15) is 4.79 Å². The second kappa shape index (κ2) is 7.43. The average Bonchev–Trinajstić information content (AvgIpc) is 3.22. The van der Waals surface area contributed by atoms with Crippen molar-refractivity contribution in [3.05, 3.63) is 76.3 Å². The lowest BCUT2D eigenvalue weighted by Gasteiger charge is -2.05. The maximum atomic E-state index is 12.2. The molecule has 2 heterocycles. The van der Waals surface area contributed by atoms with Gasteiger partial charge in [-0.25, -0.2) is 4.98 Å². The van der Waals surface area contributed by atoms with Crippen molar-refractivity contribution in [1.82, 2.24) is 9.38 Å². The molecule has 26 heavy (non-hydrogen) atoms. The fourth-order valence-corrected chi connectivity index (χ4v) is 4.10. The van der Waals surface area contributed by atoms with Crippen molar-refractivity contribution in [2.45, 2.75) is 12.8 Å². The molecule has 4 rings (SSSR count). The number of hydrogen-bond acceptors (Lipinski definition) is 3. The van der Waals surface area contributed by atoms with Crippen LogP contribution in [0.1, 0.15) is 12.1 Å². The van der Waals surface area contributed by atoms with Crippen LogP contribution in [0, 0.1) is 0 Å². The smallest absolute Gasteiger partial charge is 0.224 e. The number of benzene rings is 2. The molecule has 0 unspecified atom stereocenters. The highest BCUT2D eigenvalue weighted by Gasteiger charge is 2.11. The van der Waals surface area contributed by atoms with E-state index >= 15 is 0 Å². The van der Waals surface area contributed by atoms with E-state index in [-0.39, 0.29) is 5.91 Å². The number of rotatable bonds is 5. The van der Waals surface area contributed by atoms with Gasteiger partial charge in [-0.15, -0.1) is 11.3 Å². The molecular formula is C20H16BrN3OS. The molecule has 1 amide bonds. The van der Waals surface area contributed by atoms with Gasteiger partial charge in [0.2, 0.25) is 5.91 Å². The minimum atomic E-state index is 0.00541. The molecule has 0 aliphatic heterocycles. The Hall–Kier alpha value is -2.44. The molecular weight excluding hydrogens is 410 g/mol. The molecule has 2 aromatic heterocycles. The highest BCUT2D eigenvalue weighted by molar-refractivity contribution is 9.10. The summed E-state index contributed by atoms with van der Waals surface area (Å²) >= 11 is 5.01. The Kier molecular flexibility index (Phi) is 4.86. The average molecular weight is 426 g/mol. The first-order valence-electron chi connectivity index (χ1n) is 8.25. The largest absolute Gasteiger partial charge is 0.326 e. The zero-order valence-corrected chi connectivity index (χ0v) is 16.3. The summed E-state index contributed by atoms with van der Waals surface area (Å²) in [6.07, 6.45) is 3.14. The number of amides is 1. The first-order valence-corrected chi connectivity index (χ1v) is 9.92. The second-order valence-electron chi connectivity index (χ2n) is 5.93. The Morgan fingerprint density at radius 1 is 1.15 bits per heavy atom. The molecule has 2 aromatic carbocycles. The normalized spacial score (nSPS) is 11.0. The van der Waals surface area contributed by atoms with Crippen molar-refractivity contribution in [3.63, 3.8) is 0 Å². The summed E-state index contributed by atoms with van der Waals surface area (Å²) in [6, 6.07) is 17.7. The van der Waals surface area contributed by atoms with E-state index in [2.05, 4.69) is 48.1 Å². The van der Waals surface area contributed by atoms with E-state index < -0.39 is 0 Å². The summed E-state index contributed by atoms with van der Waals surface area (Å²) in [4.78, 5) is 17.9. The molecule has 0 aliphatic rings. The lowest BCUT2D eigenvalue weighted by atomic mass is 10.2. The van der Waals surface area contributed by atoms with Crippen LogP contribution in [0.3, 0.4) is 0 Å². The maximum Gasteiger partial charge on any atom is 0.224 e. The third-order valence-electron chi connectivity index (χ3n) is 4.07. The van der Waals surface area contributed by atoms with Crippen molar-refractivity contribution in [3.8, 4) is 11.3 Å². The standard InChI is InChI=1S/C20H16BrN3OS/c21-15-7-4-8-16(11-15)22-19(25)10-9-17-13-26-20-23-18(12-24(17)20)14-5-2-1-3-6-14/h1-8,11-13H,9-10H2,(H,22,25). The molecule has 0 saturated heterocycles. The van der Waals surface area contributed by atoms with E-state index in [1.54, 1.807) is 11.3 Å². The second-order valence-corrected chi connectivity index (χ2v) is 7.68. The minimum absolute atomic E-state index is 0.00541. The molecule has 0 aliphatic carbocycles. The van der Waals surface area contributed by atoms with E-state index in [1.807, 2.05) is 48.7 Å². The van der Waals surface area contributed by atoms with Crippen LogP contribution in [0.4, 0.5) is 5.69 Å². The number of carbonyl (C=O) groups excluding carboxylic acids is 1. The Morgan fingerprint density at radius 3 is 2.81 bits per heavy atom. The first-order chi connectivity index (χ1) is 12.7. The first kappa shape index (κ1) is 17.0. The molecule has 0 bridgehead atoms. The molecule has 6 heteroatoms. The van der Waals surface area contributed by atoms with Crippen LogP contribution in [0.5, 0.6) is 0 Å². The van der Waals surface area contributed by atoms with Gasteiger partial charge >= 0.3 is 0 Å². The minimum Gasteiger partial charge on any atom is -0.326 e. The predicted molar refractivity (Wildman–Crippen MR) is 110 cm³/mol. The summed E-state index contributed by atoms with van der Waals surface area (Å²) in [7, 11) is 0. The van der Waals surface area contributed by atoms with Gasteiger partial charge in [0.1, 0.15) is 0 Å². The van der Waals surface area contributed by atoms with E-state index in [1.165, 1.54) is 0 Å². The summed E-state index contributed by atoms with van der Waals surface area (Å²) in [5.74, 6) is 0.00541. The van der Waals surface area contributed by atoms with E-state index in [0.717, 1.165) is 32.1 Å². The number of nitrogens with zero attached hydrogens (tertiary/aromatic N) is 2. The number of aryl methyl sites for hydroxylation is 1. The number of hydrogen-bond donors (Lipinski definition) is 1. The Bertz CT molecular complexity index is 1060. The van der Waals surface area contributed by atoms with Gasteiger partial charge in [0, 0.05) is 39.4 Å². The van der Waals surface area contributed by atoms with Crippen LogP contribution in [-0.2, 0) is 11.2 Å². The molecule has 0 atom stereocenters. The van der Waals surface area contributed by atoms with E-state index in [0.29, 0.717) is 12.8 Å². The van der Waals surface area contributed by atoms with Crippen molar-refractivity contribution in [2.24, 2.45) is 0 Å². The monoisotopic (exact) mass is 425 g/mol. The highest BCUT2D eigenvalue weighted by atomic mass is 79.9. The fourth-order valence-electron chi connectivity index (χ4n) is 2.79. The third kappa shape index (κ3) is 3.71. The van der Waals surface area contributed by atoms with Crippen LogP contribution in [0.2, 0.25) is 0 Å². The lowest BCUT2D eigenvalue weighted by Crippen LogP contribution is -2.12. The molecule has 4 aromatic rings. The molecule has 130 valence electrons. The number of halogens is 1. The Morgan fingerprint density at radius 2 is 2.00 bits per heavy atom. The number of nitrogens with one attached hydrogen (secondary N) is 1. The highest BCUT2D eigenvalue weighted by Crippen LogP contribution is 2.24. The van der Waals surface area contributed by atoms with Gasteiger partial charge in [0.15, 0.2) is 4.96 Å². The van der Waals surface area contributed by atoms with Crippen LogP contribution >= 0.6 is 27.3 Å². The van der Waals surface area contributed by atoms with E-state index in [4.69, 9.17) is 0 Å². The van der Waals surface area contributed by atoms with Gasteiger partial charge in [0.05, 0.1) is 5.69 Å². The van der Waals surface area contributed by atoms with Gasteiger partial charge in [0.25, 0.3) is 0 Å². The number of thiazole rings is 1. The number of fused-ring (bicyclic) bond motifs is 1. The topological polar surface area (TPSA) is 46.4 Å². The number of carbonyl (C=O) groups is 1. The Labute approximate surface area is 163 Å². The van der Waals surface area contributed by atoms with Gasteiger partial charge in [-0.3, -0.25) is 9.20 Å². The van der Waals surface area contributed by atoms with Crippen molar-refractivity contribution >= 4 is 43.8 Å². The van der Waals surface area contributed by atoms with Gasteiger partial charge in [-0.2, -0.15) is 0 Å².